The molecule has 1 aromatic carbocycles. The van der Waals surface area contributed by atoms with E-state index in [4.69, 9.17) is 0 Å². The molecule has 0 aliphatic heterocycles. The fourth-order valence-electron chi connectivity index (χ4n) is 3.18. The number of sulfone groups is 1. The van der Waals surface area contributed by atoms with Gasteiger partial charge in [0.1, 0.15) is 21.5 Å². The van der Waals surface area contributed by atoms with Crippen LogP contribution in [0.4, 0.5) is 11.6 Å². The summed E-state index contributed by atoms with van der Waals surface area (Å²) in [5.41, 5.74) is -0.113. The van der Waals surface area contributed by atoms with E-state index in [0.29, 0.717) is 37.3 Å². The summed E-state index contributed by atoms with van der Waals surface area (Å²) in [7, 11) is -3.04. The quantitative estimate of drug-likeness (QED) is 0.343. The molecule has 0 amide bonds. The van der Waals surface area contributed by atoms with E-state index >= 15 is 0 Å². The first-order chi connectivity index (χ1) is 15.6. The number of hydrogen-bond acceptors (Lipinski definition) is 8. The van der Waals surface area contributed by atoms with Crippen molar-refractivity contribution >= 4 is 33.4 Å². The van der Waals surface area contributed by atoms with Crippen LogP contribution in [0.25, 0.3) is 0 Å². The van der Waals surface area contributed by atoms with E-state index in [-0.39, 0.29) is 28.5 Å². The molecule has 1 aromatic heterocycles. The summed E-state index contributed by atoms with van der Waals surface area (Å²) in [5.74, 6) is -1.14. The van der Waals surface area contributed by atoms with Gasteiger partial charge in [0.25, 0.3) is 0 Å². The fourth-order valence-corrected chi connectivity index (χ4v) is 3.91. The van der Waals surface area contributed by atoms with Gasteiger partial charge in [0.2, 0.25) is 5.95 Å². The molecule has 11 heteroatoms. The lowest BCUT2D eigenvalue weighted by Crippen LogP contribution is -2.10. The van der Waals surface area contributed by atoms with Gasteiger partial charge in [-0.05, 0) is 37.5 Å². The average Bonchev–Trinajstić information content (AvgIpc) is 2.73. The molecule has 0 saturated carbocycles. The molecule has 0 saturated heterocycles. The van der Waals surface area contributed by atoms with Crippen molar-refractivity contribution in [3.8, 4) is 0 Å². The monoisotopic (exact) mass is 478 g/mol. The third kappa shape index (κ3) is 9.52. The highest BCUT2D eigenvalue weighted by molar-refractivity contribution is 7.90. The van der Waals surface area contributed by atoms with Crippen molar-refractivity contribution in [2.45, 2.75) is 58.3 Å². The number of benzene rings is 1. The summed E-state index contributed by atoms with van der Waals surface area (Å²) in [5, 5.41) is 21.5. The van der Waals surface area contributed by atoms with Crippen LogP contribution in [0.3, 0.4) is 0 Å². The molecule has 2 aromatic rings. The van der Waals surface area contributed by atoms with E-state index in [0.717, 1.165) is 31.7 Å². The minimum atomic E-state index is -3.04. The smallest absolute Gasteiger partial charge is 0.335 e. The molecule has 33 heavy (non-hydrogen) atoms. The van der Waals surface area contributed by atoms with Gasteiger partial charge in [-0.1, -0.05) is 26.2 Å². The second-order valence-electron chi connectivity index (χ2n) is 7.92. The van der Waals surface area contributed by atoms with Crippen molar-refractivity contribution in [3.63, 3.8) is 0 Å². The van der Waals surface area contributed by atoms with Crippen LogP contribution in [-0.2, 0) is 22.7 Å². The summed E-state index contributed by atoms with van der Waals surface area (Å²) in [4.78, 5) is 36.0. The van der Waals surface area contributed by atoms with Gasteiger partial charge in [-0.25, -0.2) is 23.0 Å². The Morgan fingerprint density at radius 2 is 1.39 bits per heavy atom. The standard InChI is InChI=1S/C22H30N4O6S/c1-3-4-5-6-9-18-24-19(10-7-8-11-33(2,31)32)26-22(25-18)23-17-13-15(20(27)28)12-16(14-17)21(29)30/h12-14H,3-11H2,1-2H3,(H,27,28)(H,29,30)(H,23,24,25,26). The molecule has 0 unspecified atom stereocenters. The van der Waals surface area contributed by atoms with Gasteiger partial charge in [-0.15, -0.1) is 0 Å². The minimum absolute atomic E-state index is 0.0903. The maximum Gasteiger partial charge on any atom is 0.335 e. The molecular weight excluding hydrogens is 448 g/mol. The van der Waals surface area contributed by atoms with E-state index in [9.17, 15) is 28.2 Å². The molecule has 0 atom stereocenters. The maximum absolute atomic E-state index is 11.4. The zero-order valence-corrected chi connectivity index (χ0v) is 19.7. The van der Waals surface area contributed by atoms with Gasteiger partial charge in [0.15, 0.2) is 0 Å². The van der Waals surface area contributed by atoms with Crippen molar-refractivity contribution in [2.24, 2.45) is 0 Å². The Bertz CT molecular complexity index is 1060. The number of carboxylic acid groups (broad SMARTS) is 2. The van der Waals surface area contributed by atoms with Crippen LogP contribution in [0, 0.1) is 0 Å². The first kappa shape index (κ1) is 26.2. The van der Waals surface area contributed by atoms with Crippen molar-refractivity contribution in [3.05, 3.63) is 41.0 Å². The van der Waals surface area contributed by atoms with Gasteiger partial charge in [0, 0.05) is 30.5 Å². The van der Waals surface area contributed by atoms with Crippen LogP contribution in [0.5, 0.6) is 0 Å². The van der Waals surface area contributed by atoms with Gasteiger partial charge >= 0.3 is 11.9 Å². The lowest BCUT2D eigenvalue weighted by atomic mass is 10.1. The molecule has 180 valence electrons. The van der Waals surface area contributed by atoms with Gasteiger partial charge < -0.3 is 15.5 Å². The van der Waals surface area contributed by atoms with Crippen LogP contribution < -0.4 is 5.32 Å². The molecular formula is C22H30N4O6S. The molecule has 0 bridgehead atoms. The molecule has 2 rings (SSSR count). The number of carboxylic acids is 2. The Morgan fingerprint density at radius 3 is 1.88 bits per heavy atom. The third-order valence-corrected chi connectivity index (χ3v) is 5.86. The SMILES string of the molecule is CCCCCCc1nc(CCCCS(C)(=O)=O)nc(Nc2cc(C(=O)O)cc(C(=O)O)c2)n1. The fraction of sp³-hybridized carbons (Fsp3) is 0.500. The molecule has 3 N–H and O–H groups in total. The second kappa shape index (κ2) is 12.2. The number of aromatic carboxylic acids is 2. The molecule has 1 heterocycles. The lowest BCUT2D eigenvalue weighted by molar-refractivity contribution is 0.0696. The number of nitrogens with zero attached hydrogens (tertiary/aromatic N) is 3. The summed E-state index contributed by atoms with van der Waals surface area (Å²) in [6, 6.07) is 3.70. The molecule has 0 fully saturated rings. The van der Waals surface area contributed by atoms with Crippen LogP contribution >= 0.6 is 0 Å². The lowest BCUT2D eigenvalue weighted by Gasteiger charge is -2.11. The highest BCUT2D eigenvalue weighted by Gasteiger charge is 2.14. The normalized spacial score (nSPS) is 11.3. The highest BCUT2D eigenvalue weighted by atomic mass is 32.2. The molecule has 0 spiro atoms. The zero-order valence-electron chi connectivity index (χ0n) is 18.9. The topological polar surface area (TPSA) is 159 Å². The number of hydrogen-bond donors (Lipinski definition) is 3. The Kier molecular flexibility index (Phi) is 9.71. The van der Waals surface area contributed by atoms with Crippen molar-refractivity contribution < 1.29 is 28.2 Å². The Balaban J connectivity index is 2.26. The van der Waals surface area contributed by atoms with Crippen LogP contribution in [0.1, 0.15) is 77.8 Å². The molecule has 0 aliphatic carbocycles. The number of rotatable bonds is 14. The molecule has 0 aliphatic rings. The van der Waals surface area contributed by atoms with Crippen molar-refractivity contribution in [2.75, 3.05) is 17.3 Å². The number of nitrogens with one attached hydrogen (secondary N) is 1. The first-order valence-electron chi connectivity index (χ1n) is 10.9. The predicted molar refractivity (Wildman–Crippen MR) is 124 cm³/mol. The predicted octanol–water partition coefficient (Wildman–Crippen LogP) is 3.50. The zero-order chi connectivity index (χ0) is 24.4. The number of unbranched alkanes of at least 4 members (excludes halogenated alkanes) is 4. The van der Waals surface area contributed by atoms with E-state index in [1.165, 1.54) is 18.4 Å². The van der Waals surface area contributed by atoms with Crippen molar-refractivity contribution in [1.29, 1.82) is 0 Å². The van der Waals surface area contributed by atoms with E-state index in [1.54, 1.807) is 0 Å². The Hall–Kier alpha value is -3.08. The number of aryl methyl sites for hydroxylation is 2. The van der Waals surface area contributed by atoms with Crippen LogP contribution in [-0.4, -0.2) is 57.5 Å². The van der Waals surface area contributed by atoms with Gasteiger partial charge in [0.05, 0.1) is 11.1 Å². The summed E-state index contributed by atoms with van der Waals surface area (Å²) in [6.45, 7) is 2.12. The van der Waals surface area contributed by atoms with E-state index in [2.05, 4.69) is 27.2 Å². The third-order valence-electron chi connectivity index (χ3n) is 4.83. The largest absolute Gasteiger partial charge is 0.478 e. The van der Waals surface area contributed by atoms with E-state index in [1.807, 2.05) is 0 Å². The molecule has 10 nitrogen and oxygen atoms in total. The number of carbonyl (C=O) groups is 2. The highest BCUT2D eigenvalue weighted by Crippen LogP contribution is 2.19. The number of anilines is 2. The summed E-state index contributed by atoms with van der Waals surface area (Å²) >= 11 is 0. The first-order valence-corrected chi connectivity index (χ1v) is 12.9. The van der Waals surface area contributed by atoms with Crippen molar-refractivity contribution in [1.82, 2.24) is 15.0 Å². The average molecular weight is 479 g/mol. The van der Waals surface area contributed by atoms with E-state index < -0.39 is 21.8 Å². The number of aromatic nitrogens is 3. The van der Waals surface area contributed by atoms with Gasteiger partial charge in [-0.2, -0.15) is 9.97 Å². The molecule has 0 radical (unpaired) electrons. The van der Waals surface area contributed by atoms with Gasteiger partial charge in [-0.3, -0.25) is 0 Å². The summed E-state index contributed by atoms with van der Waals surface area (Å²) < 4.78 is 22.7. The summed E-state index contributed by atoms with van der Waals surface area (Å²) in [6.07, 6.45) is 7.52. The minimum Gasteiger partial charge on any atom is -0.478 e. The Morgan fingerprint density at radius 1 is 0.848 bits per heavy atom. The second-order valence-corrected chi connectivity index (χ2v) is 10.2. The maximum atomic E-state index is 11.4. The Labute approximate surface area is 193 Å². The van der Waals surface area contributed by atoms with Crippen LogP contribution in [0.15, 0.2) is 18.2 Å². The van der Waals surface area contributed by atoms with Crippen LogP contribution in [0.2, 0.25) is 0 Å².